The number of rotatable bonds is 1. The second-order valence-corrected chi connectivity index (χ2v) is 4.26. The molecule has 2 aromatic rings. The molecule has 0 unspecified atom stereocenters. The molecule has 5 heteroatoms. The van der Waals surface area contributed by atoms with Crippen LogP contribution in [-0.4, -0.2) is 4.98 Å². The molecular weight excluding hydrogens is 218 g/mol. The van der Waals surface area contributed by atoms with Gasteiger partial charge in [-0.25, -0.2) is 13.8 Å². The van der Waals surface area contributed by atoms with Crippen molar-refractivity contribution in [3.8, 4) is 0 Å². The molecule has 0 radical (unpaired) electrons. The van der Waals surface area contributed by atoms with Gasteiger partial charge in [0.1, 0.15) is 11.6 Å². The molecule has 1 aromatic carbocycles. The van der Waals surface area contributed by atoms with E-state index in [1.54, 1.807) is 6.92 Å². The van der Waals surface area contributed by atoms with Crippen LogP contribution in [0.2, 0.25) is 0 Å². The first kappa shape index (κ1) is 10.0. The third-order valence-electron chi connectivity index (χ3n) is 2.02. The molecule has 0 saturated carbocycles. The van der Waals surface area contributed by atoms with Gasteiger partial charge in [0, 0.05) is 11.6 Å². The number of hydrogen-bond donors (Lipinski definition) is 1. The summed E-state index contributed by atoms with van der Waals surface area (Å²) >= 11 is 1.00. The van der Waals surface area contributed by atoms with E-state index in [1.807, 2.05) is 0 Å². The van der Waals surface area contributed by atoms with Gasteiger partial charge >= 0.3 is 0 Å². The number of thiazole rings is 1. The van der Waals surface area contributed by atoms with E-state index in [-0.39, 0.29) is 20.9 Å². The predicted octanol–water partition coefficient (Wildman–Crippen LogP) is 3.19. The van der Waals surface area contributed by atoms with E-state index in [1.165, 1.54) is 0 Å². The number of nitrogens with two attached hydrogens (primary N) is 1. The standard InChI is InChI=1S/C10H8F2N2S/c1-4(2)7-5(11)3-6(12)9-8(7)14-10(13)15-9/h3H,1H2,2H3,(H2,13,14). The molecule has 78 valence electrons. The lowest BCUT2D eigenvalue weighted by Gasteiger charge is -2.03. The Morgan fingerprint density at radius 1 is 1.47 bits per heavy atom. The molecule has 0 saturated heterocycles. The molecule has 0 amide bonds. The Hall–Kier alpha value is -1.49. The Bertz CT molecular complexity index is 560. The Labute approximate surface area is 89.0 Å². The average Bonchev–Trinajstić information content (AvgIpc) is 2.45. The van der Waals surface area contributed by atoms with Crippen LogP contribution in [-0.2, 0) is 0 Å². The molecular formula is C10H8F2N2S. The van der Waals surface area contributed by atoms with Gasteiger partial charge < -0.3 is 5.73 Å². The molecule has 15 heavy (non-hydrogen) atoms. The second-order valence-electron chi connectivity index (χ2n) is 3.23. The normalized spacial score (nSPS) is 10.9. The molecule has 1 aromatic heterocycles. The van der Waals surface area contributed by atoms with Crippen LogP contribution in [0.15, 0.2) is 12.6 Å². The van der Waals surface area contributed by atoms with Crippen molar-refractivity contribution in [3.63, 3.8) is 0 Å². The van der Waals surface area contributed by atoms with Crippen molar-refractivity contribution in [1.82, 2.24) is 4.98 Å². The molecule has 0 atom stereocenters. The number of hydrogen-bond acceptors (Lipinski definition) is 3. The Kier molecular flexibility index (Phi) is 2.19. The maximum atomic E-state index is 13.5. The van der Waals surface area contributed by atoms with Crippen LogP contribution in [0.4, 0.5) is 13.9 Å². The van der Waals surface area contributed by atoms with E-state index in [0.717, 1.165) is 17.4 Å². The molecule has 0 spiro atoms. The molecule has 0 aliphatic heterocycles. The van der Waals surface area contributed by atoms with Crippen molar-refractivity contribution in [3.05, 3.63) is 29.8 Å². The van der Waals surface area contributed by atoms with Crippen LogP contribution in [0, 0.1) is 11.6 Å². The third kappa shape index (κ3) is 1.48. The smallest absolute Gasteiger partial charge is 0.181 e. The van der Waals surface area contributed by atoms with E-state index in [2.05, 4.69) is 11.6 Å². The lowest BCUT2D eigenvalue weighted by molar-refractivity contribution is 0.590. The van der Waals surface area contributed by atoms with Crippen LogP contribution in [0.1, 0.15) is 12.5 Å². The van der Waals surface area contributed by atoms with Gasteiger partial charge in [0.25, 0.3) is 0 Å². The minimum Gasteiger partial charge on any atom is -0.375 e. The number of anilines is 1. The van der Waals surface area contributed by atoms with Gasteiger partial charge in [0.2, 0.25) is 0 Å². The van der Waals surface area contributed by atoms with Crippen LogP contribution in [0.5, 0.6) is 0 Å². The van der Waals surface area contributed by atoms with E-state index < -0.39 is 11.6 Å². The lowest BCUT2D eigenvalue weighted by Crippen LogP contribution is -1.91. The second kappa shape index (κ2) is 3.27. The van der Waals surface area contributed by atoms with Crippen molar-refractivity contribution >= 4 is 32.3 Å². The maximum Gasteiger partial charge on any atom is 0.181 e. The van der Waals surface area contributed by atoms with Gasteiger partial charge in [0.05, 0.1) is 10.2 Å². The van der Waals surface area contributed by atoms with Crippen LogP contribution < -0.4 is 5.73 Å². The zero-order chi connectivity index (χ0) is 11.2. The minimum absolute atomic E-state index is 0.219. The van der Waals surface area contributed by atoms with Crippen LogP contribution in [0.25, 0.3) is 15.8 Å². The highest BCUT2D eigenvalue weighted by Gasteiger charge is 2.16. The minimum atomic E-state index is -0.655. The van der Waals surface area contributed by atoms with Gasteiger partial charge in [-0.1, -0.05) is 17.9 Å². The quantitative estimate of drug-likeness (QED) is 0.811. The highest BCUT2D eigenvalue weighted by Crippen LogP contribution is 2.33. The van der Waals surface area contributed by atoms with Crippen molar-refractivity contribution in [2.75, 3.05) is 5.73 Å². The Morgan fingerprint density at radius 3 is 2.73 bits per heavy atom. The summed E-state index contributed by atoms with van der Waals surface area (Å²) in [7, 11) is 0. The molecule has 0 aliphatic carbocycles. The SMILES string of the molecule is C=C(C)c1c(F)cc(F)c2sc(N)nc12. The fraction of sp³-hybridized carbons (Fsp3) is 0.100. The predicted molar refractivity (Wildman–Crippen MR) is 58.7 cm³/mol. The van der Waals surface area contributed by atoms with Crippen molar-refractivity contribution in [2.24, 2.45) is 0 Å². The van der Waals surface area contributed by atoms with Crippen LogP contribution in [0.3, 0.4) is 0 Å². The summed E-state index contributed by atoms with van der Waals surface area (Å²) in [5.74, 6) is -1.29. The van der Waals surface area contributed by atoms with Gasteiger partial charge in [-0.3, -0.25) is 0 Å². The van der Waals surface area contributed by atoms with E-state index >= 15 is 0 Å². The first-order valence-corrected chi connectivity index (χ1v) is 5.02. The Balaban J connectivity index is 2.95. The fourth-order valence-corrected chi connectivity index (χ4v) is 2.18. The zero-order valence-corrected chi connectivity index (χ0v) is 8.79. The van der Waals surface area contributed by atoms with Gasteiger partial charge in [-0.2, -0.15) is 0 Å². The number of aromatic nitrogens is 1. The number of benzene rings is 1. The fourth-order valence-electron chi connectivity index (χ4n) is 1.44. The molecule has 1 heterocycles. The van der Waals surface area contributed by atoms with Gasteiger partial charge in [-0.05, 0) is 12.5 Å². The molecule has 2 N–H and O–H groups in total. The van der Waals surface area contributed by atoms with E-state index in [0.29, 0.717) is 5.57 Å². The summed E-state index contributed by atoms with van der Waals surface area (Å²) in [5.41, 5.74) is 6.46. The summed E-state index contributed by atoms with van der Waals surface area (Å²) in [6.45, 7) is 5.28. The molecule has 0 bridgehead atoms. The first-order chi connectivity index (χ1) is 7.00. The number of fused-ring (bicyclic) bond motifs is 1. The summed E-state index contributed by atoms with van der Waals surface area (Å²) in [6, 6.07) is 0.837. The maximum absolute atomic E-state index is 13.5. The number of nitrogen functional groups attached to an aromatic ring is 1. The zero-order valence-electron chi connectivity index (χ0n) is 7.97. The number of halogens is 2. The molecule has 2 nitrogen and oxygen atoms in total. The van der Waals surface area contributed by atoms with Gasteiger partial charge in [-0.15, -0.1) is 0 Å². The van der Waals surface area contributed by atoms with Crippen molar-refractivity contribution in [1.29, 1.82) is 0 Å². The van der Waals surface area contributed by atoms with Crippen molar-refractivity contribution < 1.29 is 8.78 Å². The molecule has 0 fully saturated rings. The molecule has 2 rings (SSSR count). The summed E-state index contributed by atoms with van der Waals surface area (Å²) in [4.78, 5) is 3.91. The highest BCUT2D eigenvalue weighted by atomic mass is 32.1. The molecule has 0 aliphatic rings. The van der Waals surface area contributed by atoms with E-state index in [4.69, 9.17) is 5.73 Å². The van der Waals surface area contributed by atoms with Crippen LogP contribution >= 0.6 is 11.3 Å². The van der Waals surface area contributed by atoms with E-state index in [9.17, 15) is 8.78 Å². The Morgan fingerprint density at radius 2 is 2.13 bits per heavy atom. The monoisotopic (exact) mass is 226 g/mol. The topological polar surface area (TPSA) is 38.9 Å². The van der Waals surface area contributed by atoms with Crippen molar-refractivity contribution in [2.45, 2.75) is 6.92 Å². The number of nitrogens with zero attached hydrogens (tertiary/aromatic N) is 1. The summed E-state index contributed by atoms with van der Waals surface area (Å²) in [6.07, 6.45) is 0. The third-order valence-corrected chi connectivity index (χ3v) is 2.91. The largest absolute Gasteiger partial charge is 0.375 e. The highest BCUT2D eigenvalue weighted by molar-refractivity contribution is 7.22. The summed E-state index contributed by atoms with van der Waals surface area (Å²) < 4.78 is 27.1. The number of allylic oxidation sites excluding steroid dienone is 1. The lowest BCUT2D eigenvalue weighted by atomic mass is 10.1. The summed E-state index contributed by atoms with van der Waals surface area (Å²) in [5, 5.41) is 0.219. The average molecular weight is 226 g/mol. The first-order valence-electron chi connectivity index (χ1n) is 4.20. The van der Waals surface area contributed by atoms with Gasteiger partial charge in [0.15, 0.2) is 5.13 Å².